The number of para-hydroxylation sites is 1. The highest BCUT2D eigenvalue weighted by Crippen LogP contribution is 2.29. The van der Waals surface area contributed by atoms with Crippen molar-refractivity contribution >= 4 is 21.5 Å². The van der Waals surface area contributed by atoms with Gasteiger partial charge >= 0.3 is 0 Å². The molecule has 1 aromatic heterocycles. The van der Waals surface area contributed by atoms with Crippen LogP contribution in [0.2, 0.25) is 0 Å². The number of aliphatic hydroxyl groups excluding tert-OH is 1. The van der Waals surface area contributed by atoms with E-state index in [4.69, 9.17) is 9.84 Å². The lowest BCUT2D eigenvalue weighted by Crippen LogP contribution is -2.12. The van der Waals surface area contributed by atoms with E-state index in [9.17, 15) is 8.42 Å². The first-order chi connectivity index (χ1) is 13.9. The standard InChI is InChI=1S/C21H23N3O4S/c1-15-12-19(18-8-3-4-9-20(18)28-2)24-21(22-15)23-17-7-5-6-16(13-17)14-29(26,27)11-10-25/h3-9,12-13,25H,10-11,14H2,1-2H3,(H,22,23,24). The number of rotatable bonds is 8. The van der Waals surface area contributed by atoms with Crippen LogP contribution in [0.5, 0.6) is 5.75 Å². The molecular formula is C21H23N3O4S. The van der Waals surface area contributed by atoms with E-state index in [1.54, 1.807) is 25.3 Å². The molecule has 152 valence electrons. The summed E-state index contributed by atoms with van der Waals surface area (Å²) in [6.45, 7) is 1.49. The summed E-state index contributed by atoms with van der Waals surface area (Å²) in [5.41, 5.74) is 3.66. The molecule has 0 aliphatic heterocycles. The minimum atomic E-state index is -3.35. The Morgan fingerprint density at radius 1 is 1.07 bits per heavy atom. The smallest absolute Gasteiger partial charge is 0.227 e. The Bertz CT molecular complexity index is 1100. The Hall–Kier alpha value is -2.97. The zero-order chi connectivity index (χ0) is 20.9. The first kappa shape index (κ1) is 20.8. The van der Waals surface area contributed by atoms with E-state index in [1.807, 2.05) is 43.3 Å². The number of hydrogen-bond donors (Lipinski definition) is 2. The Balaban J connectivity index is 1.88. The molecule has 0 bridgehead atoms. The van der Waals surface area contributed by atoms with Crippen molar-refractivity contribution in [2.24, 2.45) is 0 Å². The monoisotopic (exact) mass is 413 g/mol. The minimum absolute atomic E-state index is 0.135. The fourth-order valence-electron chi connectivity index (χ4n) is 2.95. The van der Waals surface area contributed by atoms with Crippen molar-refractivity contribution in [3.8, 4) is 17.0 Å². The normalized spacial score (nSPS) is 11.3. The third kappa shape index (κ3) is 5.52. The molecule has 0 spiro atoms. The molecule has 3 aromatic rings. The number of hydrogen-bond acceptors (Lipinski definition) is 7. The van der Waals surface area contributed by atoms with Gasteiger partial charge in [-0.3, -0.25) is 0 Å². The predicted octanol–water partition coefficient (Wildman–Crippen LogP) is 3.11. The quantitative estimate of drug-likeness (QED) is 0.585. The number of nitrogens with zero attached hydrogens (tertiary/aromatic N) is 2. The van der Waals surface area contributed by atoms with Gasteiger partial charge in [-0.15, -0.1) is 0 Å². The highest BCUT2D eigenvalue weighted by atomic mass is 32.2. The van der Waals surface area contributed by atoms with Crippen LogP contribution < -0.4 is 10.1 Å². The van der Waals surface area contributed by atoms with Gasteiger partial charge in [0.15, 0.2) is 9.84 Å². The summed E-state index contributed by atoms with van der Waals surface area (Å²) >= 11 is 0. The number of benzene rings is 2. The lowest BCUT2D eigenvalue weighted by atomic mass is 10.1. The maximum atomic E-state index is 12.0. The van der Waals surface area contributed by atoms with Crippen LogP contribution in [0.25, 0.3) is 11.3 Å². The molecule has 7 nitrogen and oxygen atoms in total. The molecule has 2 N–H and O–H groups in total. The Morgan fingerprint density at radius 2 is 1.86 bits per heavy atom. The highest BCUT2D eigenvalue weighted by Gasteiger charge is 2.13. The number of aromatic nitrogens is 2. The molecule has 0 saturated heterocycles. The first-order valence-electron chi connectivity index (χ1n) is 9.06. The molecular weight excluding hydrogens is 390 g/mol. The first-order valence-corrected chi connectivity index (χ1v) is 10.9. The van der Waals surface area contributed by atoms with Crippen molar-refractivity contribution in [1.82, 2.24) is 9.97 Å². The van der Waals surface area contributed by atoms with E-state index >= 15 is 0 Å². The molecule has 29 heavy (non-hydrogen) atoms. The van der Waals surface area contributed by atoms with Crippen LogP contribution in [0.1, 0.15) is 11.3 Å². The summed E-state index contributed by atoms with van der Waals surface area (Å²) in [5.74, 6) is 0.729. The molecule has 0 radical (unpaired) electrons. The maximum Gasteiger partial charge on any atom is 0.227 e. The van der Waals surface area contributed by atoms with E-state index in [1.165, 1.54) is 0 Å². The van der Waals surface area contributed by atoms with Gasteiger partial charge in [-0.1, -0.05) is 24.3 Å². The zero-order valence-corrected chi connectivity index (χ0v) is 17.1. The topological polar surface area (TPSA) is 101 Å². The van der Waals surface area contributed by atoms with Gasteiger partial charge in [-0.2, -0.15) is 0 Å². The fourth-order valence-corrected chi connectivity index (χ4v) is 4.06. The van der Waals surface area contributed by atoms with Crippen LogP contribution in [0, 0.1) is 6.92 Å². The van der Waals surface area contributed by atoms with E-state index in [-0.39, 0.29) is 18.1 Å². The lowest BCUT2D eigenvalue weighted by molar-refractivity contribution is 0.319. The Labute approximate surface area is 170 Å². The third-order valence-corrected chi connectivity index (χ3v) is 5.79. The van der Waals surface area contributed by atoms with Gasteiger partial charge in [0.25, 0.3) is 0 Å². The summed E-state index contributed by atoms with van der Waals surface area (Å²) in [7, 11) is -1.74. The van der Waals surface area contributed by atoms with E-state index in [0.29, 0.717) is 22.9 Å². The van der Waals surface area contributed by atoms with Gasteiger partial charge in [0.1, 0.15) is 5.75 Å². The van der Waals surface area contributed by atoms with E-state index in [2.05, 4.69) is 15.3 Å². The van der Waals surface area contributed by atoms with Crippen molar-refractivity contribution in [3.05, 3.63) is 65.9 Å². The molecule has 0 unspecified atom stereocenters. The number of nitrogens with one attached hydrogen (secondary N) is 1. The van der Waals surface area contributed by atoms with Gasteiger partial charge in [0.05, 0.1) is 30.9 Å². The van der Waals surface area contributed by atoms with Crippen molar-refractivity contribution in [3.63, 3.8) is 0 Å². The van der Waals surface area contributed by atoms with Crippen LogP contribution in [0.15, 0.2) is 54.6 Å². The SMILES string of the molecule is COc1ccccc1-c1cc(C)nc(Nc2cccc(CS(=O)(=O)CCO)c2)n1. The van der Waals surface area contributed by atoms with Crippen LogP contribution in [0.4, 0.5) is 11.6 Å². The predicted molar refractivity (Wildman–Crippen MR) is 113 cm³/mol. The summed E-state index contributed by atoms with van der Waals surface area (Å²) in [4.78, 5) is 9.02. The molecule has 3 rings (SSSR count). The average Bonchev–Trinajstić information content (AvgIpc) is 2.67. The van der Waals surface area contributed by atoms with Gasteiger partial charge in [-0.25, -0.2) is 18.4 Å². The van der Waals surface area contributed by atoms with Crippen molar-refractivity contribution in [1.29, 1.82) is 0 Å². The highest BCUT2D eigenvalue weighted by molar-refractivity contribution is 7.90. The number of methoxy groups -OCH3 is 1. The number of anilines is 2. The second-order valence-corrected chi connectivity index (χ2v) is 8.74. The molecule has 0 aliphatic rings. The second-order valence-electron chi connectivity index (χ2n) is 6.56. The molecule has 0 amide bonds. The molecule has 0 aliphatic carbocycles. The van der Waals surface area contributed by atoms with Crippen LogP contribution in [-0.2, 0) is 15.6 Å². The van der Waals surface area contributed by atoms with Crippen molar-refractivity contribution in [2.45, 2.75) is 12.7 Å². The molecule has 2 aromatic carbocycles. The summed E-state index contributed by atoms with van der Waals surface area (Å²) in [6, 6.07) is 16.5. The maximum absolute atomic E-state index is 12.0. The Kier molecular flexibility index (Phi) is 6.46. The largest absolute Gasteiger partial charge is 0.496 e. The second kappa shape index (κ2) is 9.02. The lowest BCUT2D eigenvalue weighted by Gasteiger charge is -2.11. The zero-order valence-electron chi connectivity index (χ0n) is 16.3. The van der Waals surface area contributed by atoms with Gasteiger partial charge in [0, 0.05) is 16.9 Å². The van der Waals surface area contributed by atoms with Crippen LogP contribution in [-0.4, -0.2) is 43.0 Å². The molecule has 0 fully saturated rings. The van der Waals surface area contributed by atoms with Gasteiger partial charge in [0.2, 0.25) is 5.95 Å². The average molecular weight is 413 g/mol. The number of aryl methyl sites for hydroxylation is 1. The number of sulfone groups is 1. The summed E-state index contributed by atoms with van der Waals surface area (Å²) < 4.78 is 29.3. The van der Waals surface area contributed by atoms with Crippen LogP contribution in [0.3, 0.4) is 0 Å². The van der Waals surface area contributed by atoms with Crippen LogP contribution >= 0.6 is 0 Å². The summed E-state index contributed by atoms with van der Waals surface area (Å²) in [6.07, 6.45) is 0. The Morgan fingerprint density at radius 3 is 2.62 bits per heavy atom. The molecule has 0 atom stereocenters. The third-order valence-electron chi connectivity index (χ3n) is 4.21. The minimum Gasteiger partial charge on any atom is -0.496 e. The number of aliphatic hydroxyl groups is 1. The molecule has 1 heterocycles. The van der Waals surface area contributed by atoms with Gasteiger partial charge in [-0.05, 0) is 42.8 Å². The van der Waals surface area contributed by atoms with Gasteiger partial charge < -0.3 is 15.2 Å². The van der Waals surface area contributed by atoms with Crippen molar-refractivity contribution in [2.75, 3.05) is 24.8 Å². The van der Waals surface area contributed by atoms with E-state index in [0.717, 1.165) is 17.0 Å². The summed E-state index contributed by atoms with van der Waals surface area (Å²) in [5, 5.41) is 12.0. The fraction of sp³-hybridized carbons (Fsp3) is 0.238. The van der Waals surface area contributed by atoms with Crippen molar-refractivity contribution < 1.29 is 18.3 Å². The molecule has 8 heteroatoms. The molecule has 0 saturated carbocycles. The van der Waals surface area contributed by atoms with E-state index < -0.39 is 9.84 Å². The number of ether oxygens (including phenoxy) is 1.